The lowest BCUT2D eigenvalue weighted by molar-refractivity contribution is 0.181. The van der Waals surface area contributed by atoms with Crippen LogP contribution in [0.15, 0.2) is 0 Å². The molecule has 0 radical (unpaired) electrons. The van der Waals surface area contributed by atoms with Crippen molar-refractivity contribution in [2.24, 2.45) is 0 Å². The SMILES string of the molecule is CSC(C)(C)CNCC1CCCCN1C. The summed E-state index contributed by atoms with van der Waals surface area (Å²) in [6.45, 7) is 8.14. The lowest BCUT2D eigenvalue weighted by atomic mass is 10.0. The molecule has 1 heterocycles. The zero-order valence-electron chi connectivity index (χ0n) is 10.7. The maximum absolute atomic E-state index is 3.61. The van der Waals surface area contributed by atoms with Gasteiger partial charge in [0.2, 0.25) is 0 Å². The fourth-order valence-electron chi connectivity index (χ4n) is 2.01. The van der Waals surface area contributed by atoms with E-state index >= 15 is 0 Å². The minimum absolute atomic E-state index is 0.368. The van der Waals surface area contributed by atoms with Crippen LogP contribution in [0.5, 0.6) is 0 Å². The number of hydrogen-bond donors (Lipinski definition) is 1. The summed E-state index contributed by atoms with van der Waals surface area (Å²) >= 11 is 1.94. The van der Waals surface area contributed by atoms with Gasteiger partial charge in [-0.3, -0.25) is 0 Å². The summed E-state index contributed by atoms with van der Waals surface area (Å²) in [7, 11) is 2.26. The highest BCUT2D eigenvalue weighted by Crippen LogP contribution is 2.20. The molecule has 1 unspecified atom stereocenters. The third-order valence-electron chi connectivity index (χ3n) is 3.40. The van der Waals surface area contributed by atoms with Crippen molar-refractivity contribution in [2.45, 2.75) is 43.9 Å². The lowest BCUT2D eigenvalue weighted by Crippen LogP contribution is -2.45. The summed E-state index contributed by atoms with van der Waals surface area (Å²) in [5.74, 6) is 0. The van der Waals surface area contributed by atoms with Crippen LogP contribution in [0.2, 0.25) is 0 Å². The van der Waals surface area contributed by atoms with Crippen molar-refractivity contribution in [1.82, 2.24) is 10.2 Å². The summed E-state index contributed by atoms with van der Waals surface area (Å²) in [6, 6.07) is 0.761. The van der Waals surface area contributed by atoms with Crippen LogP contribution in [0.1, 0.15) is 33.1 Å². The molecule has 0 aromatic rings. The summed E-state index contributed by atoms with van der Waals surface area (Å²) < 4.78 is 0.368. The normalized spacial score (nSPS) is 24.4. The van der Waals surface area contributed by atoms with E-state index in [0.29, 0.717) is 4.75 Å². The van der Waals surface area contributed by atoms with Gasteiger partial charge in [-0.15, -0.1) is 0 Å². The molecule has 1 aliphatic rings. The van der Waals surface area contributed by atoms with E-state index in [9.17, 15) is 0 Å². The number of rotatable bonds is 5. The standard InChI is InChI=1S/C12H26N2S/c1-12(2,15-4)10-13-9-11-7-5-6-8-14(11)3/h11,13H,5-10H2,1-4H3. The zero-order chi connectivity index (χ0) is 11.3. The summed E-state index contributed by atoms with van der Waals surface area (Å²) in [5.41, 5.74) is 0. The largest absolute Gasteiger partial charge is 0.314 e. The van der Waals surface area contributed by atoms with Crippen molar-refractivity contribution in [3.63, 3.8) is 0 Å². The Morgan fingerprint density at radius 3 is 2.73 bits per heavy atom. The van der Waals surface area contributed by atoms with Crippen molar-refractivity contribution >= 4 is 11.8 Å². The maximum atomic E-state index is 3.61. The molecule has 1 N–H and O–H groups in total. The number of likely N-dealkylation sites (tertiary alicyclic amines) is 1. The van der Waals surface area contributed by atoms with Crippen molar-refractivity contribution in [1.29, 1.82) is 0 Å². The van der Waals surface area contributed by atoms with E-state index in [0.717, 1.165) is 19.1 Å². The second-order valence-corrected chi connectivity index (χ2v) is 6.74. The topological polar surface area (TPSA) is 15.3 Å². The molecule has 0 bridgehead atoms. The number of likely N-dealkylation sites (N-methyl/N-ethyl adjacent to an activating group) is 1. The molecule has 3 heteroatoms. The lowest BCUT2D eigenvalue weighted by Gasteiger charge is -2.33. The maximum Gasteiger partial charge on any atom is 0.0225 e. The minimum Gasteiger partial charge on any atom is -0.314 e. The summed E-state index contributed by atoms with van der Waals surface area (Å²) in [5, 5.41) is 3.61. The number of piperidine rings is 1. The molecular formula is C12H26N2S. The second kappa shape index (κ2) is 6.12. The molecule has 0 aliphatic carbocycles. The van der Waals surface area contributed by atoms with Gasteiger partial charge >= 0.3 is 0 Å². The Balaban J connectivity index is 2.19. The Morgan fingerprint density at radius 1 is 1.40 bits per heavy atom. The van der Waals surface area contributed by atoms with E-state index in [1.165, 1.54) is 25.8 Å². The van der Waals surface area contributed by atoms with Crippen LogP contribution in [-0.2, 0) is 0 Å². The quantitative estimate of drug-likeness (QED) is 0.779. The first-order chi connectivity index (χ1) is 7.05. The van der Waals surface area contributed by atoms with Crippen molar-refractivity contribution in [3.8, 4) is 0 Å². The Hall–Kier alpha value is 0.270. The van der Waals surface area contributed by atoms with Crippen LogP contribution >= 0.6 is 11.8 Å². The molecule has 90 valence electrons. The van der Waals surface area contributed by atoms with Gasteiger partial charge in [0.25, 0.3) is 0 Å². The molecule has 0 spiro atoms. The summed E-state index contributed by atoms with van der Waals surface area (Å²) in [4.78, 5) is 2.50. The van der Waals surface area contributed by atoms with Crippen molar-refractivity contribution in [3.05, 3.63) is 0 Å². The Kier molecular flexibility index (Phi) is 5.44. The van der Waals surface area contributed by atoms with Crippen molar-refractivity contribution in [2.75, 3.05) is 32.9 Å². The smallest absolute Gasteiger partial charge is 0.0225 e. The van der Waals surface area contributed by atoms with Crippen LogP contribution in [-0.4, -0.2) is 48.6 Å². The molecule has 0 saturated carbocycles. The van der Waals surface area contributed by atoms with Gasteiger partial charge in [0.1, 0.15) is 0 Å². The molecule has 1 rings (SSSR count). The molecule has 1 saturated heterocycles. The van der Waals surface area contributed by atoms with Gasteiger partial charge in [-0.05, 0) is 46.5 Å². The molecule has 0 aromatic heterocycles. The molecule has 1 aliphatic heterocycles. The predicted octanol–water partition coefficient (Wildman–Crippen LogP) is 2.20. The highest BCUT2D eigenvalue weighted by molar-refractivity contribution is 7.99. The fourth-order valence-corrected chi connectivity index (χ4v) is 2.26. The van der Waals surface area contributed by atoms with Crippen LogP contribution in [0.3, 0.4) is 0 Å². The van der Waals surface area contributed by atoms with E-state index < -0.39 is 0 Å². The van der Waals surface area contributed by atoms with Crippen LogP contribution in [0.25, 0.3) is 0 Å². The number of thioether (sulfide) groups is 1. The Labute approximate surface area is 99.2 Å². The van der Waals surface area contributed by atoms with E-state index in [1.54, 1.807) is 0 Å². The van der Waals surface area contributed by atoms with Crippen molar-refractivity contribution < 1.29 is 0 Å². The van der Waals surface area contributed by atoms with E-state index in [-0.39, 0.29) is 0 Å². The zero-order valence-corrected chi connectivity index (χ0v) is 11.5. The fraction of sp³-hybridized carbons (Fsp3) is 1.00. The van der Waals surface area contributed by atoms with Gasteiger partial charge < -0.3 is 10.2 Å². The number of nitrogens with zero attached hydrogens (tertiary/aromatic N) is 1. The van der Waals surface area contributed by atoms with E-state index in [1.807, 2.05) is 11.8 Å². The van der Waals surface area contributed by atoms with Crippen LogP contribution in [0, 0.1) is 0 Å². The first-order valence-electron chi connectivity index (χ1n) is 6.01. The average molecular weight is 230 g/mol. The summed E-state index contributed by atoms with van der Waals surface area (Å²) in [6.07, 6.45) is 6.34. The molecule has 1 atom stereocenters. The number of hydrogen-bond acceptors (Lipinski definition) is 3. The van der Waals surface area contributed by atoms with Gasteiger partial charge in [0.15, 0.2) is 0 Å². The van der Waals surface area contributed by atoms with Crippen LogP contribution < -0.4 is 5.32 Å². The second-order valence-electron chi connectivity index (χ2n) is 5.22. The third-order valence-corrected chi connectivity index (χ3v) is 4.65. The molecule has 0 amide bonds. The van der Waals surface area contributed by atoms with Gasteiger partial charge in [-0.25, -0.2) is 0 Å². The predicted molar refractivity (Wildman–Crippen MR) is 70.7 cm³/mol. The molecule has 1 fully saturated rings. The van der Waals surface area contributed by atoms with E-state index in [2.05, 4.69) is 37.4 Å². The first kappa shape index (κ1) is 13.3. The van der Waals surface area contributed by atoms with Gasteiger partial charge in [0.05, 0.1) is 0 Å². The molecule has 15 heavy (non-hydrogen) atoms. The highest BCUT2D eigenvalue weighted by Gasteiger charge is 2.20. The van der Waals surface area contributed by atoms with Gasteiger partial charge in [-0.2, -0.15) is 11.8 Å². The third kappa shape index (κ3) is 4.75. The average Bonchev–Trinajstić information content (AvgIpc) is 2.21. The van der Waals surface area contributed by atoms with Gasteiger partial charge in [-0.1, -0.05) is 6.42 Å². The molecule has 2 nitrogen and oxygen atoms in total. The van der Waals surface area contributed by atoms with Gasteiger partial charge in [0, 0.05) is 23.9 Å². The minimum atomic E-state index is 0.368. The highest BCUT2D eigenvalue weighted by atomic mass is 32.2. The van der Waals surface area contributed by atoms with E-state index in [4.69, 9.17) is 0 Å². The Bertz CT molecular complexity index is 182. The van der Waals surface area contributed by atoms with Crippen LogP contribution in [0.4, 0.5) is 0 Å². The molecular weight excluding hydrogens is 204 g/mol. The molecule has 0 aromatic carbocycles. The number of nitrogens with one attached hydrogen (secondary N) is 1. The first-order valence-corrected chi connectivity index (χ1v) is 7.24. The Morgan fingerprint density at radius 2 is 2.13 bits per heavy atom. The monoisotopic (exact) mass is 230 g/mol.